The number of hydrogen-bond donors (Lipinski definition) is 5. The zero-order chi connectivity index (χ0) is 33.7. The van der Waals surface area contributed by atoms with Crippen LogP contribution in [0.4, 0.5) is 0 Å². The van der Waals surface area contributed by atoms with Crippen LogP contribution in [0.25, 0.3) is 0 Å². The third-order valence-electron chi connectivity index (χ3n) is 9.59. The molecular weight excluding hydrogens is 582 g/mol. The molecule has 0 spiro atoms. The predicted molar refractivity (Wildman–Crippen MR) is 188 cm³/mol. The summed E-state index contributed by atoms with van der Waals surface area (Å²) in [6, 6.07) is -0.232. The van der Waals surface area contributed by atoms with Gasteiger partial charge in [0.15, 0.2) is 6.29 Å². The number of carbonyl (C=O) groups is 1. The molecule has 0 radical (unpaired) electrons. The summed E-state index contributed by atoms with van der Waals surface area (Å²) >= 11 is 0. The second-order valence-electron chi connectivity index (χ2n) is 14.0. The normalized spacial score (nSPS) is 22.3. The topological polar surface area (TPSA) is 128 Å². The summed E-state index contributed by atoms with van der Waals surface area (Å²) in [5, 5.41) is 43.2. The molecule has 1 rings (SSSR count). The molecule has 8 nitrogen and oxygen atoms in total. The number of carbonyl (C=O) groups excluding carboxylic acids is 1. The molecule has 1 saturated heterocycles. The standard InChI is InChI=1S/C38H75NO7/c1-3-5-7-9-11-13-15-16-17-19-20-22-24-26-28-32(31-45-38-37(44)36(43)35(42)33(30-40)46-38)39-34(41)29-27-25-23-21-18-14-12-10-8-6-4-2/h32-33,35-38,40,42-44H,3-31H2,1-2H3,(H,39,41)/t32-,33+,35-,36+,37+,38-/m0/s1. The van der Waals surface area contributed by atoms with Crippen molar-refractivity contribution in [3.8, 4) is 0 Å². The Labute approximate surface area is 282 Å². The molecule has 1 aliphatic heterocycles. The van der Waals surface area contributed by atoms with Crippen molar-refractivity contribution in [1.82, 2.24) is 5.32 Å². The Kier molecular flexibility index (Phi) is 28.5. The molecule has 0 bridgehead atoms. The number of rotatable bonds is 32. The van der Waals surface area contributed by atoms with E-state index in [1.54, 1.807) is 0 Å². The quantitative estimate of drug-likeness (QED) is 0.0466. The average molecular weight is 658 g/mol. The monoisotopic (exact) mass is 658 g/mol. The molecule has 6 atom stereocenters. The molecule has 0 aromatic heterocycles. The van der Waals surface area contributed by atoms with Crippen molar-refractivity contribution in [3.63, 3.8) is 0 Å². The van der Waals surface area contributed by atoms with Crippen molar-refractivity contribution in [3.05, 3.63) is 0 Å². The van der Waals surface area contributed by atoms with E-state index in [4.69, 9.17) is 9.47 Å². The molecule has 274 valence electrons. The third-order valence-corrected chi connectivity index (χ3v) is 9.59. The molecule has 0 aliphatic carbocycles. The molecule has 5 N–H and O–H groups in total. The molecule has 1 heterocycles. The maximum absolute atomic E-state index is 12.8. The number of amides is 1. The van der Waals surface area contributed by atoms with Gasteiger partial charge in [-0.2, -0.15) is 0 Å². The van der Waals surface area contributed by atoms with Gasteiger partial charge in [0.25, 0.3) is 0 Å². The lowest BCUT2D eigenvalue weighted by molar-refractivity contribution is -0.302. The summed E-state index contributed by atoms with van der Waals surface area (Å²) in [6.45, 7) is 4.15. The molecule has 1 amide bonds. The van der Waals surface area contributed by atoms with Gasteiger partial charge in [-0.25, -0.2) is 0 Å². The summed E-state index contributed by atoms with van der Waals surface area (Å²) in [7, 11) is 0. The van der Waals surface area contributed by atoms with Crippen LogP contribution in [-0.2, 0) is 14.3 Å². The number of hydrogen-bond acceptors (Lipinski definition) is 7. The van der Waals surface area contributed by atoms with E-state index in [-0.39, 0.29) is 18.6 Å². The third kappa shape index (κ3) is 22.0. The van der Waals surface area contributed by atoms with Crippen molar-refractivity contribution in [1.29, 1.82) is 0 Å². The first-order valence-corrected chi connectivity index (χ1v) is 19.7. The van der Waals surface area contributed by atoms with E-state index in [0.717, 1.165) is 32.1 Å². The minimum Gasteiger partial charge on any atom is -0.394 e. The molecule has 0 aromatic rings. The Morgan fingerprint density at radius 1 is 0.609 bits per heavy atom. The largest absolute Gasteiger partial charge is 0.394 e. The van der Waals surface area contributed by atoms with Gasteiger partial charge in [0.05, 0.1) is 19.3 Å². The Hall–Kier alpha value is -0.770. The van der Waals surface area contributed by atoms with E-state index in [2.05, 4.69) is 19.2 Å². The van der Waals surface area contributed by atoms with Gasteiger partial charge in [-0.15, -0.1) is 0 Å². The summed E-state index contributed by atoms with van der Waals surface area (Å²) in [4.78, 5) is 12.8. The highest BCUT2D eigenvalue weighted by Gasteiger charge is 2.44. The first-order valence-electron chi connectivity index (χ1n) is 19.7. The van der Waals surface area contributed by atoms with Gasteiger partial charge < -0.3 is 35.2 Å². The number of aliphatic hydroxyl groups excluding tert-OH is 4. The first-order chi connectivity index (χ1) is 22.4. The fourth-order valence-corrected chi connectivity index (χ4v) is 6.45. The van der Waals surface area contributed by atoms with Gasteiger partial charge in [-0.1, -0.05) is 168 Å². The molecule has 1 aliphatic rings. The summed E-state index contributed by atoms with van der Waals surface area (Å²) in [5.41, 5.74) is 0. The molecule has 0 aromatic carbocycles. The van der Waals surface area contributed by atoms with Crippen LogP contribution < -0.4 is 5.32 Å². The fourth-order valence-electron chi connectivity index (χ4n) is 6.45. The molecule has 1 fully saturated rings. The van der Waals surface area contributed by atoms with Crippen LogP contribution in [0.15, 0.2) is 0 Å². The highest BCUT2D eigenvalue weighted by atomic mass is 16.7. The van der Waals surface area contributed by atoms with Gasteiger partial charge in [0.2, 0.25) is 5.91 Å². The molecule has 0 unspecified atom stereocenters. The number of unbranched alkanes of at least 4 members (excludes halogenated alkanes) is 23. The minimum atomic E-state index is -1.48. The smallest absolute Gasteiger partial charge is 0.220 e. The molecule has 46 heavy (non-hydrogen) atoms. The molecule has 8 heteroatoms. The van der Waals surface area contributed by atoms with Crippen molar-refractivity contribution in [2.24, 2.45) is 0 Å². The first kappa shape index (κ1) is 43.3. The van der Waals surface area contributed by atoms with E-state index in [0.29, 0.717) is 6.42 Å². The fraction of sp³-hybridized carbons (Fsp3) is 0.974. The highest BCUT2D eigenvalue weighted by Crippen LogP contribution is 2.23. The zero-order valence-electron chi connectivity index (χ0n) is 30.0. The second-order valence-corrected chi connectivity index (χ2v) is 14.0. The van der Waals surface area contributed by atoms with E-state index < -0.39 is 37.3 Å². The van der Waals surface area contributed by atoms with E-state index in [9.17, 15) is 25.2 Å². The molecular formula is C38H75NO7. The molecule has 0 saturated carbocycles. The van der Waals surface area contributed by atoms with E-state index >= 15 is 0 Å². The van der Waals surface area contributed by atoms with Crippen LogP contribution in [0.2, 0.25) is 0 Å². The predicted octanol–water partition coefficient (Wildman–Crippen LogP) is 7.86. The zero-order valence-corrected chi connectivity index (χ0v) is 30.0. The van der Waals surface area contributed by atoms with Crippen LogP contribution in [0, 0.1) is 0 Å². The van der Waals surface area contributed by atoms with Crippen LogP contribution in [0.1, 0.15) is 187 Å². The number of ether oxygens (including phenoxy) is 2. The van der Waals surface area contributed by atoms with Crippen molar-refractivity contribution in [2.45, 2.75) is 224 Å². The van der Waals surface area contributed by atoms with Crippen molar-refractivity contribution >= 4 is 5.91 Å². The number of nitrogens with one attached hydrogen (secondary N) is 1. The SMILES string of the molecule is CCCCCCCCCCCCCCCC[C@@H](CO[C@H]1O[C@H](CO)[C@H](O)[C@@H](O)[C@H]1O)NC(=O)CCCCCCCCCCCCC. The van der Waals surface area contributed by atoms with E-state index in [1.165, 1.54) is 135 Å². The van der Waals surface area contributed by atoms with Gasteiger partial charge in [-0.3, -0.25) is 4.79 Å². The summed E-state index contributed by atoms with van der Waals surface area (Å²) in [5.74, 6) is 0.0173. The van der Waals surface area contributed by atoms with Crippen LogP contribution in [0.3, 0.4) is 0 Å². The Balaban J connectivity index is 2.33. The van der Waals surface area contributed by atoms with Gasteiger partial charge in [0, 0.05) is 6.42 Å². The Morgan fingerprint density at radius 2 is 1.02 bits per heavy atom. The van der Waals surface area contributed by atoms with Gasteiger partial charge >= 0.3 is 0 Å². The lowest BCUT2D eigenvalue weighted by Crippen LogP contribution is -2.59. The van der Waals surface area contributed by atoms with Crippen molar-refractivity contribution < 1.29 is 34.7 Å². The van der Waals surface area contributed by atoms with Crippen LogP contribution in [-0.4, -0.2) is 76.3 Å². The lowest BCUT2D eigenvalue weighted by Gasteiger charge is -2.40. The number of aliphatic hydroxyl groups is 4. The Morgan fingerprint density at radius 3 is 1.46 bits per heavy atom. The second kappa shape index (κ2) is 30.3. The summed E-state index contributed by atoms with van der Waals surface area (Å²) in [6.07, 6.45) is 26.4. The highest BCUT2D eigenvalue weighted by molar-refractivity contribution is 5.76. The average Bonchev–Trinajstić information content (AvgIpc) is 3.05. The maximum atomic E-state index is 12.8. The van der Waals surface area contributed by atoms with Gasteiger partial charge in [0.1, 0.15) is 24.4 Å². The van der Waals surface area contributed by atoms with Crippen LogP contribution in [0.5, 0.6) is 0 Å². The Bertz CT molecular complexity index is 679. The van der Waals surface area contributed by atoms with Gasteiger partial charge in [-0.05, 0) is 12.8 Å². The minimum absolute atomic E-state index is 0.0173. The lowest BCUT2D eigenvalue weighted by atomic mass is 9.99. The van der Waals surface area contributed by atoms with Crippen molar-refractivity contribution in [2.75, 3.05) is 13.2 Å². The maximum Gasteiger partial charge on any atom is 0.220 e. The van der Waals surface area contributed by atoms with Crippen LogP contribution >= 0.6 is 0 Å². The van der Waals surface area contributed by atoms with E-state index in [1.807, 2.05) is 0 Å². The summed E-state index contributed by atoms with van der Waals surface area (Å²) < 4.78 is 11.3.